The van der Waals surface area contributed by atoms with E-state index in [1.165, 1.54) is 13.2 Å². The Morgan fingerprint density at radius 3 is 2.68 bits per heavy atom. The number of morpholine rings is 1. The molecule has 120 valence electrons. The highest BCUT2D eigenvalue weighted by Gasteiger charge is 2.42. The Hall–Kier alpha value is -1.86. The lowest BCUT2D eigenvalue weighted by Crippen LogP contribution is -2.60. The second-order valence-corrected chi connectivity index (χ2v) is 5.73. The summed E-state index contributed by atoms with van der Waals surface area (Å²) in [7, 11) is 0. The van der Waals surface area contributed by atoms with E-state index >= 15 is 0 Å². The predicted molar refractivity (Wildman–Crippen MR) is 76.4 cm³/mol. The molecule has 1 spiro atoms. The molecule has 0 bridgehead atoms. The van der Waals surface area contributed by atoms with Crippen LogP contribution in [0, 0.1) is 0 Å². The van der Waals surface area contributed by atoms with Crippen molar-refractivity contribution in [2.75, 3.05) is 46.0 Å². The number of hydrogen-bond donors (Lipinski definition) is 0. The maximum absolute atomic E-state index is 12.4. The van der Waals surface area contributed by atoms with Gasteiger partial charge in [0.05, 0.1) is 39.2 Å². The molecule has 0 aromatic carbocycles. The van der Waals surface area contributed by atoms with Crippen LogP contribution in [0.25, 0.3) is 0 Å². The summed E-state index contributed by atoms with van der Waals surface area (Å²) in [6.45, 7) is 4.68. The minimum atomic E-state index is -0.664. The second kappa shape index (κ2) is 6.10. The first-order chi connectivity index (χ1) is 10.6. The summed E-state index contributed by atoms with van der Waals surface area (Å²) in [6.07, 6.45) is 1.48. The third-order valence-corrected chi connectivity index (χ3v) is 4.06. The summed E-state index contributed by atoms with van der Waals surface area (Å²) >= 11 is 0. The average Bonchev–Trinajstić information content (AvgIpc) is 2.97. The molecule has 0 aliphatic carbocycles. The molecular weight excluding hydrogens is 288 g/mol. The largest absolute Gasteiger partial charge is 0.459 e. The SMILES string of the molecule is CC(=O)N1CCOC[C@@]2(C1)CN(C(=O)c1ccco1)CCO2. The molecule has 0 N–H and O–H groups in total. The van der Waals surface area contributed by atoms with Gasteiger partial charge in [-0.1, -0.05) is 0 Å². The Morgan fingerprint density at radius 2 is 1.95 bits per heavy atom. The summed E-state index contributed by atoms with van der Waals surface area (Å²) in [5.74, 6) is 0.143. The summed E-state index contributed by atoms with van der Waals surface area (Å²) in [4.78, 5) is 27.6. The van der Waals surface area contributed by atoms with Gasteiger partial charge in [-0.2, -0.15) is 0 Å². The number of rotatable bonds is 1. The third-order valence-electron chi connectivity index (χ3n) is 4.06. The van der Waals surface area contributed by atoms with Crippen molar-refractivity contribution in [1.29, 1.82) is 0 Å². The lowest BCUT2D eigenvalue weighted by Gasteiger charge is -2.42. The maximum Gasteiger partial charge on any atom is 0.289 e. The maximum atomic E-state index is 12.4. The van der Waals surface area contributed by atoms with Crippen molar-refractivity contribution in [2.45, 2.75) is 12.5 Å². The molecule has 1 atom stereocenters. The van der Waals surface area contributed by atoms with Crippen molar-refractivity contribution in [3.8, 4) is 0 Å². The third kappa shape index (κ3) is 3.00. The van der Waals surface area contributed by atoms with Crippen LogP contribution in [0.5, 0.6) is 0 Å². The van der Waals surface area contributed by atoms with Gasteiger partial charge in [0.15, 0.2) is 5.76 Å². The van der Waals surface area contributed by atoms with Gasteiger partial charge in [-0.25, -0.2) is 0 Å². The molecule has 7 nitrogen and oxygen atoms in total. The molecule has 0 radical (unpaired) electrons. The Bertz CT molecular complexity index is 544. The van der Waals surface area contributed by atoms with Crippen molar-refractivity contribution in [3.63, 3.8) is 0 Å². The van der Waals surface area contributed by atoms with Gasteiger partial charge in [0.25, 0.3) is 5.91 Å². The Morgan fingerprint density at radius 1 is 1.18 bits per heavy atom. The van der Waals surface area contributed by atoms with Crippen LogP contribution in [0.1, 0.15) is 17.5 Å². The van der Waals surface area contributed by atoms with E-state index in [9.17, 15) is 9.59 Å². The fourth-order valence-corrected chi connectivity index (χ4v) is 2.93. The van der Waals surface area contributed by atoms with Crippen molar-refractivity contribution in [2.24, 2.45) is 0 Å². The summed E-state index contributed by atoms with van der Waals surface area (Å²) in [5.41, 5.74) is -0.664. The van der Waals surface area contributed by atoms with E-state index in [2.05, 4.69) is 0 Å². The molecule has 2 aliphatic rings. The lowest BCUT2D eigenvalue weighted by atomic mass is 10.0. The lowest BCUT2D eigenvalue weighted by molar-refractivity contribution is -0.145. The number of carbonyl (C=O) groups excluding carboxylic acids is 2. The van der Waals surface area contributed by atoms with Crippen molar-refractivity contribution >= 4 is 11.8 Å². The Balaban J connectivity index is 1.76. The standard InChI is InChI=1S/C15H20N2O5/c1-12(18)16-4-7-20-11-15(9-16)10-17(5-8-22-15)14(19)13-3-2-6-21-13/h2-3,6H,4-5,7-11H2,1H3/t15-/m1/s1. The summed E-state index contributed by atoms with van der Waals surface area (Å²) in [5, 5.41) is 0. The molecule has 22 heavy (non-hydrogen) atoms. The molecular formula is C15H20N2O5. The van der Waals surface area contributed by atoms with E-state index in [1.54, 1.807) is 21.9 Å². The van der Waals surface area contributed by atoms with Gasteiger partial charge in [-0.05, 0) is 12.1 Å². The van der Waals surface area contributed by atoms with Gasteiger partial charge in [-0.15, -0.1) is 0 Å². The zero-order chi connectivity index (χ0) is 15.6. The molecule has 2 fully saturated rings. The molecule has 7 heteroatoms. The quantitative estimate of drug-likeness (QED) is 0.749. The van der Waals surface area contributed by atoms with Crippen LogP contribution < -0.4 is 0 Å². The highest BCUT2D eigenvalue weighted by Crippen LogP contribution is 2.24. The van der Waals surface area contributed by atoms with Gasteiger partial charge in [-0.3, -0.25) is 9.59 Å². The molecule has 0 unspecified atom stereocenters. The van der Waals surface area contributed by atoms with E-state index in [4.69, 9.17) is 13.9 Å². The fraction of sp³-hybridized carbons (Fsp3) is 0.600. The van der Waals surface area contributed by atoms with Gasteiger partial charge in [0.2, 0.25) is 5.91 Å². The predicted octanol–water partition coefficient (Wildman–Crippen LogP) is 0.369. The van der Waals surface area contributed by atoms with Crippen molar-refractivity contribution in [3.05, 3.63) is 24.2 Å². The first-order valence-corrected chi connectivity index (χ1v) is 7.40. The van der Waals surface area contributed by atoms with Crippen LogP contribution in [0.4, 0.5) is 0 Å². The van der Waals surface area contributed by atoms with Gasteiger partial charge in [0, 0.05) is 20.0 Å². The molecule has 2 amide bonds. The van der Waals surface area contributed by atoms with E-state index in [0.29, 0.717) is 51.8 Å². The van der Waals surface area contributed by atoms with Crippen molar-refractivity contribution < 1.29 is 23.5 Å². The molecule has 1 aromatic rings. The smallest absolute Gasteiger partial charge is 0.289 e. The zero-order valence-electron chi connectivity index (χ0n) is 12.6. The van der Waals surface area contributed by atoms with Crippen LogP contribution in [0.3, 0.4) is 0 Å². The molecule has 1 aromatic heterocycles. The Kier molecular flexibility index (Phi) is 4.17. The molecule has 3 heterocycles. The molecule has 0 saturated carbocycles. The number of hydrogen-bond acceptors (Lipinski definition) is 5. The van der Waals surface area contributed by atoms with Gasteiger partial charge >= 0.3 is 0 Å². The molecule has 2 aliphatic heterocycles. The van der Waals surface area contributed by atoms with Crippen LogP contribution in [0.15, 0.2) is 22.8 Å². The highest BCUT2D eigenvalue weighted by atomic mass is 16.5. The second-order valence-electron chi connectivity index (χ2n) is 5.73. The van der Waals surface area contributed by atoms with E-state index in [1.807, 2.05) is 0 Å². The van der Waals surface area contributed by atoms with E-state index in [-0.39, 0.29) is 11.8 Å². The van der Waals surface area contributed by atoms with Crippen LogP contribution >= 0.6 is 0 Å². The van der Waals surface area contributed by atoms with Crippen molar-refractivity contribution in [1.82, 2.24) is 9.80 Å². The van der Waals surface area contributed by atoms with E-state index < -0.39 is 5.60 Å². The summed E-state index contributed by atoms with van der Waals surface area (Å²) < 4.78 is 16.7. The highest BCUT2D eigenvalue weighted by molar-refractivity contribution is 5.91. The molecule has 2 saturated heterocycles. The minimum absolute atomic E-state index is 0.0111. The number of carbonyl (C=O) groups is 2. The number of ether oxygens (including phenoxy) is 2. The minimum Gasteiger partial charge on any atom is -0.459 e. The van der Waals surface area contributed by atoms with Crippen LogP contribution in [-0.2, 0) is 14.3 Å². The number of furan rings is 1. The number of nitrogens with zero attached hydrogens (tertiary/aromatic N) is 2. The van der Waals surface area contributed by atoms with Crippen LogP contribution in [0.2, 0.25) is 0 Å². The van der Waals surface area contributed by atoms with Gasteiger partial charge < -0.3 is 23.7 Å². The zero-order valence-corrected chi connectivity index (χ0v) is 12.6. The average molecular weight is 308 g/mol. The monoisotopic (exact) mass is 308 g/mol. The van der Waals surface area contributed by atoms with E-state index in [0.717, 1.165) is 0 Å². The summed E-state index contributed by atoms with van der Waals surface area (Å²) in [6, 6.07) is 3.34. The number of amides is 2. The first kappa shape index (κ1) is 15.1. The Labute approximate surface area is 128 Å². The normalized spacial score (nSPS) is 26.0. The molecule has 3 rings (SSSR count). The first-order valence-electron chi connectivity index (χ1n) is 7.40. The van der Waals surface area contributed by atoms with Crippen LogP contribution in [-0.4, -0.2) is 73.2 Å². The fourth-order valence-electron chi connectivity index (χ4n) is 2.93. The van der Waals surface area contributed by atoms with Gasteiger partial charge in [0.1, 0.15) is 5.60 Å². The topological polar surface area (TPSA) is 72.2 Å².